The summed E-state index contributed by atoms with van der Waals surface area (Å²) in [5.74, 6) is 0.509. The zero-order valence-electron chi connectivity index (χ0n) is 10.8. The molecular weight excluding hydrogens is 290 g/mol. The van der Waals surface area contributed by atoms with Gasteiger partial charge in [0, 0.05) is 16.4 Å². The van der Waals surface area contributed by atoms with E-state index in [0.29, 0.717) is 0 Å². The number of amides is 1. The predicted molar refractivity (Wildman–Crippen MR) is 77.4 cm³/mol. The summed E-state index contributed by atoms with van der Waals surface area (Å²) < 4.78 is 1.09. The Morgan fingerprint density at radius 2 is 1.94 bits per heavy atom. The van der Waals surface area contributed by atoms with Crippen LogP contribution in [0.4, 0.5) is 0 Å². The summed E-state index contributed by atoms with van der Waals surface area (Å²) in [5, 5.41) is 3.13. The molecule has 0 saturated heterocycles. The molecule has 0 radical (unpaired) electrons. The highest BCUT2D eigenvalue weighted by Crippen LogP contribution is 2.24. The predicted octanol–water partition coefficient (Wildman–Crippen LogP) is 3.69. The standard InChI is InChI=1S/C15H20BrNO/c1-11(10-12-6-8-14(16)9-7-12)17-15(18)13-4-2-3-5-13/h6-9,11,13H,2-5,10H2,1H3,(H,17,18)/t11-/m1/s1. The molecule has 1 aromatic rings. The van der Waals surface area contributed by atoms with Gasteiger partial charge in [-0.2, -0.15) is 0 Å². The molecule has 0 heterocycles. The third-order valence-electron chi connectivity index (χ3n) is 3.57. The highest BCUT2D eigenvalue weighted by Gasteiger charge is 2.23. The Morgan fingerprint density at radius 1 is 1.33 bits per heavy atom. The van der Waals surface area contributed by atoms with Crippen LogP contribution < -0.4 is 5.32 Å². The fourth-order valence-corrected chi connectivity index (χ4v) is 2.84. The monoisotopic (exact) mass is 309 g/mol. The lowest BCUT2D eigenvalue weighted by Crippen LogP contribution is -2.37. The lowest BCUT2D eigenvalue weighted by molar-refractivity contribution is -0.125. The molecule has 1 fully saturated rings. The minimum absolute atomic E-state index is 0.208. The van der Waals surface area contributed by atoms with Crippen molar-refractivity contribution in [3.63, 3.8) is 0 Å². The summed E-state index contributed by atoms with van der Waals surface area (Å²) in [6.45, 7) is 2.08. The highest BCUT2D eigenvalue weighted by molar-refractivity contribution is 9.10. The van der Waals surface area contributed by atoms with Crippen molar-refractivity contribution >= 4 is 21.8 Å². The second-order valence-corrected chi connectivity index (χ2v) is 6.14. The lowest BCUT2D eigenvalue weighted by Gasteiger charge is -2.17. The maximum absolute atomic E-state index is 12.0. The minimum atomic E-state index is 0.208. The number of carbonyl (C=O) groups excluding carboxylic acids is 1. The van der Waals surface area contributed by atoms with Crippen LogP contribution in [0, 0.1) is 5.92 Å². The smallest absolute Gasteiger partial charge is 0.223 e. The Morgan fingerprint density at radius 3 is 2.56 bits per heavy atom. The van der Waals surface area contributed by atoms with Crippen LogP contribution in [0.1, 0.15) is 38.2 Å². The van der Waals surface area contributed by atoms with Gasteiger partial charge >= 0.3 is 0 Å². The summed E-state index contributed by atoms with van der Waals surface area (Å²) in [6, 6.07) is 8.49. The van der Waals surface area contributed by atoms with E-state index in [1.54, 1.807) is 0 Å². The Kier molecular flexibility index (Phi) is 4.81. The molecule has 1 saturated carbocycles. The SMILES string of the molecule is C[C@H](Cc1ccc(Br)cc1)NC(=O)C1CCCC1. The number of hydrogen-bond donors (Lipinski definition) is 1. The number of rotatable bonds is 4. The van der Waals surface area contributed by atoms with Crippen molar-refractivity contribution in [1.29, 1.82) is 0 Å². The number of benzene rings is 1. The molecule has 1 N–H and O–H groups in total. The molecule has 1 aliphatic carbocycles. The summed E-state index contributed by atoms with van der Waals surface area (Å²) >= 11 is 3.43. The molecule has 1 atom stereocenters. The van der Waals surface area contributed by atoms with E-state index in [1.165, 1.54) is 18.4 Å². The Labute approximate surface area is 117 Å². The Balaban J connectivity index is 1.82. The third-order valence-corrected chi connectivity index (χ3v) is 4.10. The first kappa shape index (κ1) is 13.6. The zero-order valence-corrected chi connectivity index (χ0v) is 12.4. The van der Waals surface area contributed by atoms with Crippen LogP contribution in [-0.2, 0) is 11.2 Å². The molecule has 2 nitrogen and oxygen atoms in total. The summed E-state index contributed by atoms with van der Waals surface area (Å²) in [4.78, 5) is 12.0. The van der Waals surface area contributed by atoms with Crippen molar-refractivity contribution in [2.45, 2.75) is 45.1 Å². The highest BCUT2D eigenvalue weighted by atomic mass is 79.9. The molecule has 98 valence electrons. The van der Waals surface area contributed by atoms with Gasteiger partial charge < -0.3 is 5.32 Å². The van der Waals surface area contributed by atoms with Gasteiger partial charge in [-0.25, -0.2) is 0 Å². The van der Waals surface area contributed by atoms with E-state index in [0.717, 1.165) is 23.7 Å². The quantitative estimate of drug-likeness (QED) is 0.903. The van der Waals surface area contributed by atoms with Gasteiger partial charge in [-0.15, -0.1) is 0 Å². The van der Waals surface area contributed by atoms with Crippen molar-refractivity contribution in [2.24, 2.45) is 5.92 Å². The number of halogens is 1. The topological polar surface area (TPSA) is 29.1 Å². The van der Waals surface area contributed by atoms with Gasteiger partial charge in [-0.1, -0.05) is 40.9 Å². The van der Waals surface area contributed by atoms with E-state index < -0.39 is 0 Å². The van der Waals surface area contributed by atoms with Gasteiger partial charge in [0.2, 0.25) is 5.91 Å². The summed E-state index contributed by atoms with van der Waals surface area (Å²) in [6.07, 6.45) is 5.44. The van der Waals surface area contributed by atoms with Gasteiger partial charge in [-0.3, -0.25) is 4.79 Å². The van der Waals surface area contributed by atoms with E-state index >= 15 is 0 Å². The molecule has 2 rings (SSSR count). The van der Waals surface area contributed by atoms with Crippen molar-refractivity contribution in [1.82, 2.24) is 5.32 Å². The molecule has 0 unspecified atom stereocenters. The molecule has 1 amide bonds. The molecule has 1 aliphatic rings. The Bertz CT molecular complexity index is 395. The van der Waals surface area contributed by atoms with E-state index in [-0.39, 0.29) is 17.9 Å². The number of hydrogen-bond acceptors (Lipinski definition) is 1. The molecule has 1 aromatic carbocycles. The van der Waals surface area contributed by atoms with Gasteiger partial charge in [0.05, 0.1) is 0 Å². The fraction of sp³-hybridized carbons (Fsp3) is 0.533. The molecule has 0 spiro atoms. The first-order valence-electron chi connectivity index (χ1n) is 6.70. The van der Waals surface area contributed by atoms with E-state index in [1.807, 2.05) is 12.1 Å². The van der Waals surface area contributed by atoms with Gasteiger partial charge in [0.1, 0.15) is 0 Å². The molecule has 3 heteroatoms. The second kappa shape index (κ2) is 6.37. The van der Waals surface area contributed by atoms with Crippen molar-refractivity contribution in [2.75, 3.05) is 0 Å². The van der Waals surface area contributed by atoms with E-state index in [4.69, 9.17) is 0 Å². The summed E-state index contributed by atoms with van der Waals surface area (Å²) in [7, 11) is 0. The van der Waals surface area contributed by atoms with Crippen molar-refractivity contribution < 1.29 is 4.79 Å². The van der Waals surface area contributed by atoms with E-state index in [2.05, 4.69) is 40.3 Å². The largest absolute Gasteiger partial charge is 0.353 e. The number of nitrogens with one attached hydrogen (secondary N) is 1. The van der Waals surface area contributed by atoms with Crippen LogP contribution in [0.15, 0.2) is 28.7 Å². The van der Waals surface area contributed by atoms with Crippen LogP contribution in [-0.4, -0.2) is 11.9 Å². The van der Waals surface area contributed by atoms with Crippen LogP contribution in [0.25, 0.3) is 0 Å². The molecule has 0 aromatic heterocycles. The van der Waals surface area contributed by atoms with Gasteiger partial charge in [0.15, 0.2) is 0 Å². The first-order chi connectivity index (χ1) is 8.65. The first-order valence-corrected chi connectivity index (χ1v) is 7.49. The average molecular weight is 310 g/mol. The Hall–Kier alpha value is -0.830. The molecule has 18 heavy (non-hydrogen) atoms. The zero-order chi connectivity index (χ0) is 13.0. The van der Waals surface area contributed by atoms with Crippen LogP contribution in [0.5, 0.6) is 0 Å². The maximum Gasteiger partial charge on any atom is 0.223 e. The molecular formula is C15H20BrNO. The maximum atomic E-state index is 12.0. The van der Waals surface area contributed by atoms with Gasteiger partial charge in [0.25, 0.3) is 0 Å². The van der Waals surface area contributed by atoms with Crippen LogP contribution in [0.2, 0.25) is 0 Å². The summed E-state index contributed by atoms with van der Waals surface area (Å²) in [5.41, 5.74) is 1.26. The average Bonchev–Trinajstić information content (AvgIpc) is 2.85. The minimum Gasteiger partial charge on any atom is -0.353 e. The van der Waals surface area contributed by atoms with Crippen LogP contribution >= 0.6 is 15.9 Å². The normalized spacial score (nSPS) is 17.7. The molecule has 0 bridgehead atoms. The second-order valence-electron chi connectivity index (χ2n) is 5.22. The van der Waals surface area contributed by atoms with Crippen LogP contribution in [0.3, 0.4) is 0 Å². The lowest BCUT2D eigenvalue weighted by atomic mass is 10.0. The van der Waals surface area contributed by atoms with Gasteiger partial charge in [-0.05, 0) is 43.9 Å². The molecule has 0 aliphatic heterocycles. The van der Waals surface area contributed by atoms with E-state index in [9.17, 15) is 4.79 Å². The third kappa shape index (κ3) is 3.84. The fourth-order valence-electron chi connectivity index (χ4n) is 2.57. The number of carbonyl (C=O) groups is 1. The van der Waals surface area contributed by atoms with Crippen molar-refractivity contribution in [3.05, 3.63) is 34.3 Å². The van der Waals surface area contributed by atoms with Crippen molar-refractivity contribution in [3.8, 4) is 0 Å².